The molecule has 0 saturated carbocycles. The minimum absolute atomic E-state index is 0.293. The van der Waals surface area contributed by atoms with Crippen LogP contribution < -0.4 is 0 Å². The second-order valence-electron chi connectivity index (χ2n) is 15.8. The van der Waals surface area contributed by atoms with Crippen molar-refractivity contribution < 1.29 is 4.39 Å². The Hall–Kier alpha value is -7.50. The van der Waals surface area contributed by atoms with Crippen LogP contribution in [0.5, 0.6) is 0 Å². The minimum Gasteiger partial charge on any atom is -0.309 e. The highest BCUT2D eigenvalue weighted by molar-refractivity contribution is 6.12. The molecule has 0 atom stereocenters. The van der Waals surface area contributed by atoms with E-state index in [1.807, 2.05) is 72.8 Å². The van der Waals surface area contributed by atoms with Crippen LogP contribution >= 0.6 is 0 Å². The lowest BCUT2D eigenvalue weighted by molar-refractivity contribution is 0.628. The molecule has 5 heteroatoms. The van der Waals surface area contributed by atoms with E-state index in [9.17, 15) is 0 Å². The van der Waals surface area contributed by atoms with Gasteiger partial charge in [-0.05, 0) is 98.0 Å². The molecule has 0 saturated heterocycles. The van der Waals surface area contributed by atoms with Gasteiger partial charge in [-0.25, -0.2) is 19.3 Å². The summed E-state index contributed by atoms with van der Waals surface area (Å²) in [5, 5.41) is 2.25. The molecule has 10 rings (SSSR count). The second-order valence-corrected chi connectivity index (χ2v) is 15.8. The van der Waals surface area contributed by atoms with Crippen LogP contribution in [0.3, 0.4) is 0 Å². The summed E-state index contributed by atoms with van der Waals surface area (Å²) in [6.45, 7) is 8.60. The van der Waals surface area contributed by atoms with E-state index in [-0.39, 0.29) is 5.82 Å². The molecule has 0 fully saturated rings. The molecule has 0 N–H and O–H groups in total. The van der Waals surface area contributed by atoms with E-state index in [0.717, 1.165) is 66.4 Å². The number of rotatable bonds is 7. The SMILES string of the molecule is Cc1cc(C)cc(-c2ccc3c(c2)c2cc(-c4cc(C)cc(C)c4)ccc2n3-c2cc(-c3nc(-c4ccccc4)nc(-c4ccccc4)n3)ccc2-c2cccc(F)c2)c1. The van der Waals surface area contributed by atoms with Crippen molar-refractivity contribution in [3.8, 4) is 73.2 Å². The molecular weight excluding hydrogens is 736 g/mol. The molecule has 2 heterocycles. The highest BCUT2D eigenvalue weighted by Gasteiger charge is 2.21. The van der Waals surface area contributed by atoms with Crippen molar-refractivity contribution >= 4 is 21.8 Å². The molecule has 0 spiro atoms. The van der Waals surface area contributed by atoms with E-state index in [0.29, 0.717) is 17.5 Å². The predicted octanol–water partition coefficient (Wildman–Crippen LogP) is 14.3. The summed E-state index contributed by atoms with van der Waals surface area (Å²) in [7, 11) is 0. The van der Waals surface area contributed by atoms with E-state index < -0.39 is 0 Å². The molecule has 0 bridgehead atoms. The molecule has 60 heavy (non-hydrogen) atoms. The van der Waals surface area contributed by atoms with Crippen LogP contribution in [0.25, 0.3) is 95.0 Å². The smallest absolute Gasteiger partial charge is 0.164 e. The molecule has 4 nitrogen and oxygen atoms in total. The third kappa shape index (κ3) is 6.94. The standard InChI is InChI=1S/C55H41FN4/c1-34-24-35(2)27-44(26-34)40-19-22-50-48(31-40)49-32-41(45-28-36(3)25-37(4)29-45)20-23-51(49)60(50)52-33-43(18-21-47(52)42-16-11-17-46(56)30-42)55-58-53(38-12-7-5-8-13-38)57-54(59-55)39-14-9-6-10-15-39/h5-33H,1-4H3. The lowest BCUT2D eigenvalue weighted by Crippen LogP contribution is -2.02. The van der Waals surface area contributed by atoms with Crippen LogP contribution in [0.2, 0.25) is 0 Å². The first kappa shape index (κ1) is 36.8. The first-order valence-corrected chi connectivity index (χ1v) is 20.3. The van der Waals surface area contributed by atoms with Crippen molar-refractivity contribution in [2.24, 2.45) is 0 Å². The van der Waals surface area contributed by atoms with Crippen molar-refractivity contribution in [3.05, 3.63) is 204 Å². The number of hydrogen-bond acceptors (Lipinski definition) is 3. The van der Waals surface area contributed by atoms with Gasteiger partial charge < -0.3 is 4.57 Å². The first-order chi connectivity index (χ1) is 29.2. The summed E-state index contributed by atoms with van der Waals surface area (Å²) in [4.78, 5) is 15.1. The van der Waals surface area contributed by atoms with Crippen molar-refractivity contribution in [2.75, 3.05) is 0 Å². The quantitative estimate of drug-likeness (QED) is 0.162. The van der Waals surface area contributed by atoms with E-state index in [2.05, 4.69) is 117 Å². The van der Waals surface area contributed by atoms with E-state index in [1.165, 1.54) is 39.4 Å². The molecule has 8 aromatic carbocycles. The van der Waals surface area contributed by atoms with Crippen molar-refractivity contribution in [3.63, 3.8) is 0 Å². The lowest BCUT2D eigenvalue weighted by atomic mass is 9.97. The van der Waals surface area contributed by atoms with E-state index >= 15 is 4.39 Å². The van der Waals surface area contributed by atoms with Crippen LogP contribution in [0.1, 0.15) is 22.3 Å². The summed E-state index contributed by atoms with van der Waals surface area (Å²) in [6, 6.07) is 60.1. The van der Waals surface area contributed by atoms with Gasteiger partial charge in [-0.15, -0.1) is 0 Å². The van der Waals surface area contributed by atoms with Gasteiger partial charge in [0.2, 0.25) is 0 Å². The van der Waals surface area contributed by atoms with Crippen molar-refractivity contribution in [1.29, 1.82) is 0 Å². The number of fused-ring (bicyclic) bond motifs is 3. The maximum absolute atomic E-state index is 15.1. The molecule has 2 aromatic heterocycles. The van der Waals surface area contributed by atoms with Gasteiger partial charge in [0.1, 0.15) is 5.82 Å². The van der Waals surface area contributed by atoms with Crippen LogP contribution in [0.15, 0.2) is 176 Å². The fourth-order valence-electron chi connectivity index (χ4n) is 8.62. The molecular formula is C55H41FN4. The number of hydrogen-bond donors (Lipinski definition) is 0. The molecule has 0 unspecified atom stereocenters. The van der Waals surface area contributed by atoms with Gasteiger partial charge in [0.05, 0.1) is 16.7 Å². The third-order valence-electron chi connectivity index (χ3n) is 11.2. The first-order valence-electron chi connectivity index (χ1n) is 20.3. The number of benzene rings is 8. The zero-order valence-electron chi connectivity index (χ0n) is 33.9. The van der Waals surface area contributed by atoms with Gasteiger partial charge in [-0.1, -0.05) is 156 Å². The average molecular weight is 777 g/mol. The second kappa shape index (κ2) is 15.0. The maximum atomic E-state index is 15.1. The summed E-state index contributed by atoms with van der Waals surface area (Å²) >= 11 is 0. The highest BCUT2D eigenvalue weighted by Crippen LogP contribution is 2.41. The minimum atomic E-state index is -0.293. The fourth-order valence-corrected chi connectivity index (χ4v) is 8.62. The molecule has 288 valence electrons. The van der Waals surface area contributed by atoms with Crippen LogP contribution in [-0.4, -0.2) is 19.5 Å². The monoisotopic (exact) mass is 776 g/mol. The summed E-state index contributed by atoms with van der Waals surface area (Å²) in [5.74, 6) is 1.43. The Kier molecular flexibility index (Phi) is 9.22. The summed E-state index contributed by atoms with van der Waals surface area (Å²) in [5.41, 5.74) is 16.8. The summed E-state index contributed by atoms with van der Waals surface area (Å²) in [6.07, 6.45) is 0. The fraction of sp³-hybridized carbons (Fsp3) is 0.0727. The van der Waals surface area contributed by atoms with Gasteiger partial charge in [-0.2, -0.15) is 0 Å². The van der Waals surface area contributed by atoms with Crippen LogP contribution in [0, 0.1) is 33.5 Å². The van der Waals surface area contributed by atoms with Crippen LogP contribution in [0.4, 0.5) is 4.39 Å². The maximum Gasteiger partial charge on any atom is 0.164 e. The number of aryl methyl sites for hydroxylation is 4. The molecule has 0 aliphatic carbocycles. The largest absolute Gasteiger partial charge is 0.309 e. The zero-order chi connectivity index (χ0) is 40.9. The molecule has 0 aliphatic rings. The topological polar surface area (TPSA) is 43.6 Å². The summed E-state index contributed by atoms with van der Waals surface area (Å²) < 4.78 is 17.4. The van der Waals surface area contributed by atoms with E-state index in [1.54, 1.807) is 12.1 Å². The third-order valence-corrected chi connectivity index (χ3v) is 11.2. The van der Waals surface area contributed by atoms with Gasteiger partial charge in [0.15, 0.2) is 17.5 Å². The zero-order valence-corrected chi connectivity index (χ0v) is 33.9. The normalized spacial score (nSPS) is 11.4. The Morgan fingerprint density at radius 2 is 0.800 bits per heavy atom. The van der Waals surface area contributed by atoms with Gasteiger partial charge in [-0.3, -0.25) is 0 Å². The number of nitrogens with zero attached hydrogens (tertiary/aromatic N) is 4. The van der Waals surface area contributed by atoms with Gasteiger partial charge >= 0.3 is 0 Å². The number of halogens is 1. The molecule has 10 aromatic rings. The molecule has 0 amide bonds. The number of aromatic nitrogens is 4. The lowest BCUT2D eigenvalue weighted by Gasteiger charge is -2.17. The molecule has 0 aliphatic heterocycles. The van der Waals surface area contributed by atoms with E-state index in [4.69, 9.17) is 15.0 Å². The Morgan fingerprint density at radius 1 is 0.350 bits per heavy atom. The Morgan fingerprint density at radius 3 is 1.28 bits per heavy atom. The predicted molar refractivity (Wildman–Crippen MR) is 246 cm³/mol. The van der Waals surface area contributed by atoms with Gasteiger partial charge in [0.25, 0.3) is 0 Å². The Balaban J connectivity index is 1.26. The Bertz CT molecular complexity index is 3050. The van der Waals surface area contributed by atoms with Crippen molar-refractivity contribution in [1.82, 2.24) is 19.5 Å². The Labute approximate surface area is 349 Å². The highest BCUT2D eigenvalue weighted by atomic mass is 19.1. The average Bonchev–Trinajstić information content (AvgIpc) is 3.59. The van der Waals surface area contributed by atoms with Crippen LogP contribution in [-0.2, 0) is 0 Å². The van der Waals surface area contributed by atoms with Crippen molar-refractivity contribution in [2.45, 2.75) is 27.7 Å². The van der Waals surface area contributed by atoms with Gasteiger partial charge in [0, 0.05) is 33.0 Å². The molecule has 0 radical (unpaired) electrons.